The molecular weight excluding hydrogens is 380 g/mol. The molecule has 28 heavy (non-hydrogen) atoms. The smallest absolute Gasteiger partial charge is 0.276 e. The molecule has 142 valence electrons. The van der Waals surface area contributed by atoms with Crippen molar-refractivity contribution in [1.29, 1.82) is 0 Å². The maximum Gasteiger partial charge on any atom is 0.276 e. The summed E-state index contributed by atoms with van der Waals surface area (Å²) in [4.78, 5) is 23.8. The van der Waals surface area contributed by atoms with Gasteiger partial charge in [0.05, 0.1) is 10.6 Å². The highest BCUT2D eigenvalue weighted by atomic mass is 35.5. The van der Waals surface area contributed by atoms with Crippen molar-refractivity contribution in [2.24, 2.45) is 0 Å². The number of carbonyl (C=O) groups excluding carboxylic acids is 2. The monoisotopic (exact) mass is 396 g/mol. The van der Waals surface area contributed by atoms with Crippen molar-refractivity contribution in [3.8, 4) is 17.2 Å². The topological polar surface area (TPSA) is 76.7 Å². The third-order valence-electron chi connectivity index (χ3n) is 3.61. The SMILES string of the molecule is O=C(COc1ccc(Oc2ccccc2)cc1)NNC(=O)c1ccccc1Cl. The van der Waals surface area contributed by atoms with E-state index in [0.29, 0.717) is 16.5 Å². The van der Waals surface area contributed by atoms with Crippen LogP contribution in [0.15, 0.2) is 78.9 Å². The van der Waals surface area contributed by atoms with E-state index in [1.807, 2.05) is 30.3 Å². The Morgan fingerprint density at radius 3 is 2.07 bits per heavy atom. The maximum absolute atomic E-state index is 12.0. The summed E-state index contributed by atoms with van der Waals surface area (Å²) in [5.41, 5.74) is 4.83. The van der Waals surface area contributed by atoms with Crippen LogP contribution in [0.3, 0.4) is 0 Å². The van der Waals surface area contributed by atoms with E-state index < -0.39 is 11.8 Å². The third kappa shape index (κ3) is 5.49. The lowest BCUT2D eigenvalue weighted by molar-refractivity contribution is -0.123. The van der Waals surface area contributed by atoms with Crippen molar-refractivity contribution in [3.05, 3.63) is 89.4 Å². The molecular formula is C21H17ClN2O4. The summed E-state index contributed by atoms with van der Waals surface area (Å²) in [7, 11) is 0. The third-order valence-corrected chi connectivity index (χ3v) is 3.94. The van der Waals surface area contributed by atoms with Crippen LogP contribution in [0.1, 0.15) is 10.4 Å². The van der Waals surface area contributed by atoms with E-state index in [0.717, 1.165) is 5.75 Å². The Hall–Kier alpha value is -3.51. The molecule has 2 N–H and O–H groups in total. The Balaban J connectivity index is 1.44. The molecule has 0 heterocycles. The van der Waals surface area contributed by atoms with Gasteiger partial charge in [0.1, 0.15) is 17.2 Å². The molecule has 0 aromatic heterocycles. The van der Waals surface area contributed by atoms with E-state index in [9.17, 15) is 9.59 Å². The number of ether oxygens (including phenoxy) is 2. The van der Waals surface area contributed by atoms with E-state index in [1.165, 1.54) is 0 Å². The molecule has 2 amide bonds. The van der Waals surface area contributed by atoms with Crippen LogP contribution in [0.5, 0.6) is 17.2 Å². The number of carbonyl (C=O) groups is 2. The van der Waals surface area contributed by atoms with E-state index in [-0.39, 0.29) is 12.2 Å². The first-order valence-corrected chi connectivity index (χ1v) is 8.79. The van der Waals surface area contributed by atoms with Gasteiger partial charge in [0, 0.05) is 0 Å². The number of hydrogen-bond acceptors (Lipinski definition) is 4. The average Bonchev–Trinajstić information content (AvgIpc) is 2.72. The largest absolute Gasteiger partial charge is 0.484 e. The van der Waals surface area contributed by atoms with Gasteiger partial charge < -0.3 is 9.47 Å². The molecule has 7 heteroatoms. The quantitative estimate of drug-likeness (QED) is 0.618. The molecule has 3 rings (SSSR count). The van der Waals surface area contributed by atoms with Crippen LogP contribution in [0, 0.1) is 0 Å². The first-order chi connectivity index (χ1) is 13.6. The lowest BCUT2D eigenvalue weighted by Gasteiger charge is -2.10. The predicted molar refractivity (Wildman–Crippen MR) is 106 cm³/mol. The fraction of sp³-hybridized carbons (Fsp3) is 0.0476. The van der Waals surface area contributed by atoms with Gasteiger partial charge >= 0.3 is 0 Å². The summed E-state index contributed by atoms with van der Waals surface area (Å²) >= 11 is 5.93. The fourth-order valence-electron chi connectivity index (χ4n) is 2.25. The van der Waals surface area contributed by atoms with Gasteiger partial charge in [-0.15, -0.1) is 0 Å². The number of hydrogen-bond donors (Lipinski definition) is 2. The minimum Gasteiger partial charge on any atom is -0.484 e. The predicted octanol–water partition coefficient (Wildman–Crippen LogP) is 3.97. The standard InChI is InChI=1S/C21H17ClN2O4/c22-19-9-5-4-8-18(19)21(26)24-23-20(25)14-27-15-10-12-17(13-11-15)28-16-6-2-1-3-7-16/h1-13H,14H2,(H,23,25)(H,24,26). The highest BCUT2D eigenvalue weighted by Crippen LogP contribution is 2.23. The zero-order valence-electron chi connectivity index (χ0n) is 14.7. The Bertz CT molecular complexity index is 946. The normalized spacial score (nSPS) is 10.0. The number of amides is 2. The van der Waals surface area contributed by atoms with Gasteiger partial charge in [-0.25, -0.2) is 0 Å². The minimum absolute atomic E-state index is 0.262. The summed E-state index contributed by atoms with van der Waals surface area (Å²) in [6, 6.07) is 22.8. The van der Waals surface area contributed by atoms with Gasteiger partial charge in [-0.2, -0.15) is 0 Å². The van der Waals surface area contributed by atoms with E-state index in [1.54, 1.807) is 48.5 Å². The lowest BCUT2D eigenvalue weighted by atomic mass is 10.2. The van der Waals surface area contributed by atoms with Gasteiger partial charge in [0.15, 0.2) is 6.61 Å². The number of para-hydroxylation sites is 1. The zero-order chi connectivity index (χ0) is 19.8. The molecule has 0 radical (unpaired) electrons. The van der Waals surface area contributed by atoms with E-state index in [2.05, 4.69) is 10.9 Å². The second-order valence-corrected chi connectivity index (χ2v) is 6.06. The zero-order valence-corrected chi connectivity index (χ0v) is 15.5. The first kappa shape index (κ1) is 19.3. The van der Waals surface area contributed by atoms with Crippen LogP contribution in [-0.2, 0) is 4.79 Å². The molecule has 6 nitrogen and oxygen atoms in total. The van der Waals surface area contributed by atoms with Crippen molar-refractivity contribution in [3.63, 3.8) is 0 Å². The summed E-state index contributed by atoms with van der Waals surface area (Å²) in [6.07, 6.45) is 0. The molecule has 0 saturated carbocycles. The van der Waals surface area contributed by atoms with Crippen molar-refractivity contribution in [2.75, 3.05) is 6.61 Å². The van der Waals surface area contributed by atoms with Crippen LogP contribution in [0.2, 0.25) is 5.02 Å². The van der Waals surface area contributed by atoms with Gasteiger partial charge in [0.25, 0.3) is 11.8 Å². The molecule has 0 aliphatic heterocycles. The molecule has 0 fully saturated rings. The number of hydrazine groups is 1. The molecule has 0 unspecified atom stereocenters. The molecule has 0 spiro atoms. The number of rotatable bonds is 6. The number of halogens is 1. The van der Waals surface area contributed by atoms with E-state index in [4.69, 9.17) is 21.1 Å². The number of nitrogens with one attached hydrogen (secondary N) is 2. The summed E-state index contributed by atoms with van der Waals surface area (Å²) in [6.45, 7) is -0.262. The Morgan fingerprint density at radius 1 is 0.750 bits per heavy atom. The molecule has 3 aromatic rings. The van der Waals surface area contributed by atoms with Gasteiger partial charge in [0.2, 0.25) is 0 Å². The lowest BCUT2D eigenvalue weighted by Crippen LogP contribution is -2.43. The van der Waals surface area contributed by atoms with Crippen LogP contribution in [-0.4, -0.2) is 18.4 Å². The van der Waals surface area contributed by atoms with Crippen LogP contribution < -0.4 is 20.3 Å². The van der Waals surface area contributed by atoms with Gasteiger partial charge in [-0.1, -0.05) is 41.9 Å². The average molecular weight is 397 g/mol. The summed E-state index contributed by atoms with van der Waals surface area (Å²) in [5, 5.41) is 0.295. The van der Waals surface area contributed by atoms with Crippen molar-refractivity contribution >= 4 is 23.4 Å². The van der Waals surface area contributed by atoms with Crippen molar-refractivity contribution in [2.45, 2.75) is 0 Å². The molecule has 0 aliphatic rings. The second kappa shape index (κ2) is 9.43. The maximum atomic E-state index is 12.0. The molecule has 0 aliphatic carbocycles. The molecule has 0 bridgehead atoms. The molecule has 3 aromatic carbocycles. The fourth-order valence-corrected chi connectivity index (χ4v) is 2.47. The van der Waals surface area contributed by atoms with Crippen molar-refractivity contribution < 1.29 is 19.1 Å². The highest BCUT2D eigenvalue weighted by molar-refractivity contribution is 6.33. The van der Waals surface area contributed by atoms with Gasteiger partial charge in [-0.05, 0) is 48.5 Å². The minimum atomic E-state index is -0.513. The van der Waals surface area contributed by atoms with Crippen molar-refractivity contribution in [1.82, 2.24) is 10.9 Å². The van der Waals surface area contributed by atoms with E-state index >= 15 is 0 Å². The molecule has 0 saturated heterocycles. The highest BCUT2D eigenvalue weighted by Gasteiger charge is 2.10. The molecule has 0 atom stereocenters. The van der Waals surface area contributed by atoms with Crippen LogP contribution in [0.4, 0.5) is 0 Å². The first-order valence-electron chi connectivity index (χ1n) is 8.41. The van der Waals surface area contributed by atoms with Crippen LogP contribution >= 0.6 is 11.6 Å². The van der Waals surface area contributed by atoms with Crippen LogP contribution in [0.25, 0.3) is 0 Å². The Kier molecular flexibility index (Phi) is 6.49. The summed E-state index contributed by atoms with van der Waals surface area (Å²) in [5.74, 6) is 0.846. The Labute approximate surface area is 167 Å². The number of benzene rings is 3. The van der Waals surface area contributed by atoms with Gasteiger partial charge in [-0.3, -0.25) is 20.4 Å². The Morgan fingerprint density at radius 2 is 1.36 bits per heavy atom. The summed E-state index contributed by atoms with van der Waals surface area (Å²) < 4.78 is 11.1. The second-order valence-electron chi connectivity index (χ2n) is 5.66.